The van der Waals surface area contributed by atoms with Crippen LogP contribution < -0.4 is 5.32 Å². The first-order valence-corrected chi connectivity index (χ1v) is 9.09. The molecule has 2 aromatic carbocycles. The van der Waals surface area contributed by atoms with E-state index in [2.05, 4.69) is 20.3 Å². The molecule has 29 heavy (non-hydrogen) atoms. The zero-order chi connectivity index (χ0) is 20.4. The Morgan fingerprint density at radius 1 is 1.07 bits per heavy atom. The Labute approximate surface area is 165 Å². The normalized spacial score (nSPS) is 10.8. The molecule has 2 heterocycles. The molecule has 0 amide bonds. The van der Waals surface area contributed by atoms with Gasteiger partial charge in [-0.05, 0) is 24.3 Å². The van der Waals surface area contributed by atoms with Gasteiger partial charge in [0.1, 0.15) is 23.6 Å². The first-order valence-electron chi connectivity index (χ1n) is 9.09. The van der Waals surface area contributed by atoms with E-state index in [1.807, 2.05) is 0 Å². The summed E-state index contributed by atoms with van der Waals surface area (Å²) in [5, 5.41) is 3.66. The monoisotopic (exact) mass is 388 g/mol. The predicted molar refractivity (Wildman–Crippen MR) is 108 cm³/mol. The molecule has 0 unspecified atom stereocenters. The summed E-state index contributed by atoms with van der Waals surface area (Å²) in [5.41, 5.74) is 2.29. The minimum atomic E-state index is -0.484. The van der Waals surface area contributed by atoms with Crippen molar-refractivity contribution in [2.45, 2.75) is 13.3 Å². The van der Waals surface area contributed by atoms with Crippen molar-refractivity contribution in [3.63, 3.8) is 0 Å². The SMILES string of the molecule is CCC(=O)c1cccc(Nc2ncnc3[nH]cc(C(=O)c4cccc(F)c4)c23)c1. The number of hydrogen-bond donors (Lipinski definition) is 2. The summed E-state index contributed by atoms with van der Waals surface area (Å²) in [6, 6.07) is 12.6. The number of ketones is 2. The number of carbonyl (C=O) groups is 2. The van der Waals surface area contributed by atoms with E-state index in [1.165, 1.54) is 30.7 Å². The van der Waals surface area contributed by atoms with Gasteiger partial charge in [-0.25, -0.2) is 14.4 Å². The summed E-state index contributed by atoms with van der Waals surface area (Å²) in [4.78, 5) is 36.3. The van der Waals surface area contributed by atoms with Crippen LogP contribution >= 0.6 is 0 Å². The van der Waals surface area contributed by atoms with E-state index >= 15 is 0 Å². The number of anilines is 2. The summed E-state index contributed by atoms with van der Waals surface area (Å²) in [6.07, 6.45) is 3.32. The number of halogens is 1. The molecule has 0 aliphatic heterocycles. The van der Waals surface area contributed by atoms with E-state index in [9.17, 15) is 14.0 Å². The second-order valence-electron chi connectivity index (χ2n) is 6.47. The number of nitrogens with zero attached hydrogens (tertiary/aromatic N) is 2. The average molecular weight is 388 g/mol. The standard InChI is InChI=1S/C22H17FN4O2/c1-2-18(28)13-5-4-8-16(10-13)27-22-19-17(11-24-21(19)25-12-26-22)20(29)14-6-3-7-15(23)9-14/h3-12H,2H2,1H3,(H2,24,25,26,27). The highest BCUT2D eigenvalue weighted by molar-refractivity contribution is 6.18. The van der Waals surface area contributed by atoms with Gasteiger partial charge in [-0.2, -0.15) is 0 Å². The lowest BCUT2D eigenvalue weighted by Crippen LogP contribution is -2.04. The molecule has 2 aromatic heterocycles. The van der Waals surface area contributed by atoms with Crippen LogP contribution in [0.2, 0.25) is 0 Å². The number of aromatic amines is 1. The molecule has 0 aliphatic rings. The summed E-state index contributed by atoms with van der Waals surface area (Å²) >= 11 is 0. The highest BCUT2D eigenvalue weighted by atomic mass is 19.1. The van der Waals surface area contributed by atoms with Gasteiger partial charge in [0.2, 0.25) is 0 Å². The largest absolute Gasteiger partial charge is 0.345 e. The van der Waals surface area contributed by atoms with Crippen molar-refractivity contribution >= 4 is 34.1 Å². The van der Waals surface area contributed by atoms with Gasteiger partial charge < -0.3 is 10.3 Å². The molecule has 0 atom stereocenters. The number of H-pyrrole nitrogens is 1. The predicted octanol–water partition coefficient (Wildman–Crippen LogP) is 4.66. The van der Waals surface area contributed by atoms with E-state index in [1.54, 1.807) is 37.3 Å². The first-order chi connectivity index (χ1) is 14.1. The molecule has 0 radical (unpaired) electrons. The highest BCUT2D eigenvalue weighted by Gasteiger charge is 2.19. The maximum absolute atomic E-state index is 13.6. The molecule has 4 aromatic rings. The van der Waals surface area contributed by atoms with Gasteiger partial charge in [0.25, 0.3) is 0 Å². The third kappa shape index (κ3) is 3.62. The third-order valence-electron chi connectivity index (χ3n) is 4.57. The van der Waals surface area contributed by atoms with E-state index < -0.39 is 5.82 Å². The van der Waals surface area contributed by atoms with Gasteiger partial charge in [-0.3, -0.25) is 9.59 Å². The Balaban J connectivity index is 1.76. The molecule has 7 heteroatoms. The maximum Gasteiger partial charge on any atom is 0.195 e. The summed E-state index contributed by atoms with van der Waals surface area (Å²) in [7, 11) is 0. The molecule has 0 saturated heterocycles. The number of Topliss-reactive ketones (excluding diaryl/α,β-unsaturated/α-hetero) is 1. The molecule has 6 nitrogen and oxygen atoms in total. The maximum atomic E-state index is 13.6. The molecule has 144 valence electrons. The van der Waals surface area contributed by atoms with Crippen molar-refractivity contribution < 1.29 is 14.0 Å². The van der Waals surface area contributed by atoms with Crippen LogP contribution in [0, 0.1) is 5.82 Å². The van der Waals surface area contributed by atoms with Crippen LogP contribution in [0.1, 0.15) is 39.6 Å². The highest BCUT2D eigenvalue weighted by Crippen LogP contribution is 2.28. The molecule has 2 N–H and O–H groups in total. The Kier molecular flexibility index (Phi) is 4.87. The van der Waals surface area contributed by atoms with Crippen LogP contribution in [-0.4, -0.2) is 26.5 Å². The smallest absolute Gasteiger partial charge is 0.195 e. The number of benzene rings is 2. The number of rotatable bonds is 6. The topological polar surface area (TPSA) is 87.7 Å². The van der Waals surface area contributed by atoms with Crippen LogP contribution in [-0.2, 0) is 0 Å². The third-order valence-corrected chi connectivity index (χ3v) is 4.57. The van der Waals surface area contributed by atoms with Gasteiger partial charge in [0.15, 0.2) is 11.6 Å². The fourth-order valence-electron chi connectivity index (χ4n) is 3.13. The van der Waals surface area contributed by atoms with Gasteiger partial charge >= 0.3 is 0 Å². The van der Waals surface area contributed by atoms with Crippen molar-refractivity contribution in [1.29, 1.82) is 0 Å². The van der Waals surface area contributed by atoms with Crippen molar-refractivity contribution in [1.82, 2.24) is 15.0 Å². The lowest BCUT2D eigenvalue weighted by Gasteiger charge is -2.09. The molecule has 0 bridgehead atoms. The molecule has 0 aliphatic carbocycles. The first kappa shape index (κ1) is 18.5. The molecular formula is C22H17FN4O2. The number of hydrogen-bond acceptors (Lipinski definition) is 5. The fraction of sp³-hybridized carbons (Fsp3) is 0.0909. The zero-order valence-electron chi connectivity index (χ0n) is 15.6. The zero-order valence-corrected chi connectivity index (χ0v) is 15.6. The van der Waals surface area contributed by atoms with E-state index in [-0.39, 0.29) is 17.1 Å². The number of fused-ring (bicyclic) bond motifs is 1. The number of carbonyl (C=O) groups excluding carboxylic acids is 2. The number of nitrogens with one attached hydrogen (secondary N) is 2. The molecule has 0 spiro atoms. The van der Waals surface area contributed by atoms with Crippen LogP contribution in [0.15, 0.2) is 61.1 Å². The summed E-state index contributed by atoms with van der Waals surface area (Å²) in [5.74, 6) is -0.381. The van der Waals surface area contributed by atoms with Gasteiger partial charge in [-0.1, -0.05) is 31.2 Å². The van der Waals surface area contributed by atoms with Gasteiger partial charge in [0.05, 0.1) is 10.9 Å². The van der Waals surface area contributed by atoms with Crippen molar-refractivity contribution in [3.05, 3.63) is 83.6 Å². The van der Waals surface area contributed by atoms with E-state index in [0.29, 0.717) is 40.1 Å². The van der Waals surface area contributed by atoms with Gasteiger partial charge in [-0.15, -0.1) is 0 Å². The molecule has 0 saturated carbocycles. The van der Waals surface area contributed by atoms with Crippen molar-refractivity contribution in [2.24, 2.45) is 0 Å². The van der Waals surface area contributed by atoms with Crippen LogP contribution in [0.3, 0.4) is 0 Å². The fourth-order valence-corrected chi connectivity index (χ4v) is 3.13. The van der Waals surface area contributed by atoms with Gasteiger partial charge in [0, 0.05) is 29.4 Å². The lowest BCUT2D eigenvalue weighted by molar-refractivity contribution is 0.0987. The Hall–Kier alpha value is -3.87. The van der Waals surface area contributed by atoms with Crippen LogP contribution in [0.25, 0.3) is 11.0 Å². The molecule has 0 fully saturated rings. The van der Waals surface area contributed by atoms with Crippen LogP contribution in [0.4, 0.5) is 15.9 Å². The lowest BCUT2D eigenvalue weighted by atomic mass is 10.0. The summed E-state index contributed by atoms with van der Waals surface area (Å²) < 4.78 is 13.6. The molecule has 4 rings (SSSR count). The number of aromatic nitrogens is 3. The Morgan fingerprint density at radius 3 is 2.66 bits per heavy atom. The Morgan fingerprint density at radius 2 is 1.86 bits per heavy atom. The van der Waals surface area contributed by atoms with Crippen LogP contribution in [0.5, 0.6) is 0 Å². The minimum absolute atomic E-state index is 0.0325. The quantitative estimate of drug-likeness (QED) is 0.469. The van der Waals surface area contributed by atoms with E-state index in [0.717, 1.165) is 0 Å². The second-order valence-corrected chi connectivity index (χ2v) is 6.47. The van der Waals surface area contributed by atoms with Crippen molar-refractivity contribution in [2.75, 3.05) is 5.32 Å². The summed E-state index contributed by atoms with van der Waals surface area (Å²) in [6.45, 7) is 1.81. The molecular weight excluding hydrogens is 371 g/mol. The van der Waals surface area contributed by atoms with Crippen molar-refractivity contribution in [3.8, 4) is 0 Å². The minimum Gasteiger partial charge on any atom is -0.345 e. The Bertz CT molecular complexity index is 1230. The van der Waals surface area contributed by atoms with E-state index in [4.69, 9.17) is 0 Å². The average Bonchev–Trinajstić information content (AvgIpc) is 3.18. The second kappa shape index (κ2) is 7.63.